The number of hydrogen-bond donors (Lipinski definition) is 2. The van der Waals surface area contributed by atoms with Crippen LogP contribution < -0.4 is 10.6 Å². The van der Waals surface area contributed by atoms with E-state index < -0.39 is 0 Å². The van der Waals surface area contributed by atoms with Crippen LogP contribution in [-0.2, 0) is 11.7 Å². The van der Waals surface area contributed by atoms with E-state index in [1.54, 1.807) is 0 Å². The average Bonchev–Trinajstić information content (AvgIpc) is 2.57. The summed E-state index contributed by atoms with van der Waals surface area (Å²) in [6.07, 6.45) is 0.994. The van der Waals surface area contributed by atoms with Gasteiger partial charge in [0.1, 0.15) is 5.75 Å². The maximum atomic E-state index is 10.5. The van der Waals surface area contributed by atoms with Crippen LogP contribution in [0.4, 0.5) is 0 Å². The average molecular weight is 357 g/mol. The lowest BCUT2D eigenvalue weighted by atomic mass is 9.95. The van der Waals surface area contributed by atoms with Crippen molar-refractivity contribution in [1.29, 1.82) is 0 Å². The Labute approximate surface area is 154 Å². The van der Waals surface area contributed by atoms with Gasteiger partial charge in [-0.25, -0.2) is 0 Å². The van der Waals surface area contributed by atoms with E-state index in [1.165, 1.54) is 22.0 Å². The summed E-state index contributed by atoms with van der Waals surface area (Å²) in [6, 6.07) is 13.0. The molecule has 0 aromatic heterocycles. The van der Waals surface area contributed by atoms with Crippen LogP contribution >= 0.6 is 8.58 Å². The highest BCUT2D eigenvalue weighted by Crippen LogP contribution is 2.47. The highest BCUT2D eigenvalue weighted by atomic mass is 31.1. The van der Waals surface area contributed by atoms with Gasteiger partial charge in [-0.1, -0.05) is 72.2 Å². The molecule has 0 fully saturated rings. The van der Waals surface area contributed by atoms with Crippen LogP contribution in [-0.4, -0.2) is 11.1 Å². The Morgan fingerprint density at radius 3 is 2.52 bits per heavy atom. The summed E-state index contributed by atoms with van der Waals surface area (Å²) in [7, 11) is 0.620. The molecule has 0 aliphatic carbocycles. The summed E-state index contributed by atoms with van der Waals surface area (Å²) in [5.74, 6) is 0.415. The molecule has 2 atom stereocenters. The minimum atomic E-state index is -0.0607. The first-order chi connectivity index (χ1) is 11.8. The second-order valence-corrected chi connectivity index (χ2v) is 9.33. The number of benzene rings is 2. The van der Waals surface area contributed by atoms with Gasteiger partial charge in [0.25, 0.3) is 0 Å². The van der Waals surface area contributed by atoms with E-state index in [4.69, 9.17) is 0 Å². The van der Waals surface area contributed by atoms with E-state index in [0.717, 1.165) is 18.5 Å². The molecular formula is C22H32NOP. The molecule has 0 saturated heterocycles. The molecule has 0 heterocycles. The third-order valence-corrected chi connectivity index (χ3v) is 7.05. The Hall–Kier alpha value is -1.37. The largest absolute Gasteiger partial charge is 0.508 e. The summed E-state index contributed by atoms with van der Waals surface area (Å²) in [5.41, 5.74) is 4.98. The molecule has 136 valence electrons. The minimum absolute atomic E-state index is 0.0607. The Bertz CT molecular complexity index is 726. The lowest BCUT2D eigenvalue weighted by molar-refractivity contribution is 0.456. The van der Waals surface area contributed by atoms with E-state index in [2.05, 4.69) is 71.1 Å². The SMILES string of the molecule is CCC(C)(Pc1c(C)cccc1CNC(C)C)c1cc(C)ccc1O. The van der Waals surface area contributed by atoms with Gasteiger partial charge in [-0.15, -0.1) is 0 Å². The first-order valence-corrected chi connectivity index (χ1v) is 10.2. The van der Waals surface area contributed by atoms with Gasteiger partial charge < -0.3 is 10.4 Å². The molecule has 2 N–H and O–H groups in total. The van der Waals surface area contributed by atoms with Gasteiger partial charge in [-0.2, -0.15) is 0 Å². The fraction of sp³-hybridized carbons (Fsp3) is 0.455. The maximum absolute atomic E-state index is 10.5. The normalized spacial score (nSPS) is 14.4. The third kappa shape index (κ3) is 4.84. The number of aryl methyl sites for hydroxylation is 2. The number of rotatable bonds is 7. The Balaban J connectivity index is 2.43. The zero-order valence-corrected chi connectivity index (χ0v) is 17.4. The van der Waals surface area contributed by atoms with Gasteiger partial charge in [-0.05, 0) is 42.8 Å². The summed E-state index contributed by atoms with van der Waals surface area (Å²) < 4.78 is 0. The molecule has 3 heteroatoms. The maximum Gasteiger partial charge on any atom is 0.119 e. The molecular weight excluding hydrogens is 325 g/mol. The van der Waals surface area contributed by atoms with Gasteiger partial charge in [0.15, 0.2) is 0 Å². The second kappa shape index (κ2) is 8.34. The molecule has 0 aliphatic heterocycles. The highest BCUT2D eigenvalue weighted by molar-refractivity contribution is 7.48. The number of aromatic hydroxyl groups is 1. The van der Waals surface area contributed by atoms with Crippen molar-refractivity contribution in [3.8, 4) is 5.75 Å². The highest BCUT2D eigenvalue weighted by Gasteiger charge is 2.29. The molecule has 2 rings (SSSR count). The van der Waals surface area contributed by atoms with E-state index in [1.807, 2.05) is 12.1 Å². The first-order valence-electron chi connectivity index (χ1n) is 9.17. The number of phenols is 1. The van der Waals surface area contributed by atoms with Crippen molar-refractivity contribution in [3.05, 3.63) is 58.7 Å². The Morgan fingerprint density at radius 2 is 1.88 bits per heavy atom. The molecule has 0 amide bonds. The van der Waals surface area contributed by atoms with Crippen LogP contribution in [0.25, 0.3) is 0 Å². The summed E-state index contributed by atoms with van der Waals surface area (Å²) in [6.45, 7) is 14.0. The molecule has 0 aliphatic rings. The topological polar surface area (TPSA) is 32.3 Å². The van der Waals surface area contributed by atoms with Gasteiger partial charge in [0, 0.05) is 23.3 Å². The quantitative estimate of drug-likeness (QED) is 0.673. The number of nitrogens with one attached hydrogen (secondary N) is 1. The van der Waals surface area contributed by atoms with Gasteiger partial charge in [0.2, 0.25) is 0 Å². The van der Waals surface area contributed by atoms with Gasteiger partial charge in [-0.3, -0.25) is 0 Å². The standard InChI is InChI=1S/C22H32NOP/c1-7-22(6,19-13-16(4)11-12-20(19)24)25-21-17(5)9-8-10-18(21)14-23-15(2)3/h8-13,15,23-25H,7,14H2,1-6H3. The molecule has 2 aromatic rings. The summed E-state index contributed by atoms with van der Waals surface area (Å²) in [4.78, 5) is 0. The Kier molecular flexibility index (Phi) is 6.65. The zero-order valence-electron chi connectivity index (χ0n) is 16.4. The van der Waals surface area contributed by atoms with E-state index in [0.29, 0.717) is 20.4 Å². The predicted molar refractivity (Wildman–Crippen MR) is 112 cm³/mol. The molecule has 0 spiro atoms. The molecule has 2 unspecified atom stereocenters. The molecule has 2 aromatic carbocycles. The van der Waals surface area contributed by atoms with Crippen molar-refractivity contribution in [2.24, 2.45) is 0 Å². The van der Waals surface area contributed by atoms with E-state index >= 15 is 0 Å². The summed E-state index contributed by atoms with van der Waals surface area (Å²) >= 11 is 0. The van der Waals surface area contributed by atoms with Crippen LogP contribution in [0.3, 0.4) is 0 Å². The van der Waals surface area contributed by atoms with Crippen molar-refractivity contribution < 1.29 is 5.11 Å². The molecule has 0 radical (unpaired) electrons. The fourth-order valence-electron chi connectivity index (χ4n) is 3.08. The zero-order chi connectivity index (χ0) is 18.6. The fourth-order valence-corrected chi connectivity index (χ4v) is 4.76. The molecule has 2 nitrogen and oxygen atoms in total. The third-order valence-electron chi connectivity index (χ3n) is 4.91. The monoisotopic (exact) mass is 357 g/mol. The van der Waals surface area contributed by atoms with Crippen molar-refractivity contribution >= 4 is 13.9 Å². The van der Waals surface area contributed by atoms with Crippen molar-refractivity contribution in [2.45, 2.75) is 65.7 Å². The Morgan fingerprint density at radius 1 is 1.16 bits per heavy atom. The number of hydrogen-bond acceptors (Lipinski definition) is 2. The van der Waals surface area contributed by atoms with Crippen molar-refractivity contribution in [2.75, 3.05) is 0 Å². The van der Waals surface area contributed by atoms with Gasteiger partial charge >= 0.3 is 0 Å². The predicted octanol–water partition coefficient (Wildman–Crippen LogP) is 5.14. The molecule has 0 bridgehead atoms. The van der Waals surface area contributed by atoms with Crippen LogP contribution in [0, 0.1) is 13.8 Å². The molecule has 0 saturated carbocycles. The van der Waals surface area contributed by atoms with Crippen molar-refractivity contribution in [3.63, 3.8) is 0 Å². The summed E-state index contributed by atoms with van der Waals surface area (Å²) in [5, 5.41) is 15.4. The second-order valence-electron chi connectivity index (χ2n) is 7.48. The van der Waals surface area contributed by atoms with Crippen molar-refractivity contribution in [1.82, 2.24) is 5.32 Å². The lowest BCUT2D eigenvalue weighted by Crippen LogP contribution is -2.27. The van der Waals surface area contributed by atoms with Gasteiger partial charge in [0.05, 0.1) is 0 Å². The smallest absolute Gasteiger partial charge is 0.119 e. The van der Waals surface area contributed by atoms with Crippen LogP contribution in [0.15, 0.2) is 36.4 Å². The first kappa shape index (κ1) is 19.9. The number of phenolic OH excluding ortho intramolecular Hbond substituents is 1. The van der Waals surface area contributed by atoms with Crippen LogP contribution in [0.5, 0.6) is 5.75 Å². The van der Waals surface area contributed by atoms with Crippen LogP contribution in [0.2, 0.25) is 0 Å². The lowest BCUT2D eigenvalue weighted by Gasteiger charge is -2.32. The van der Waals surface area contributed by atoms with Crippen LogP contribution in [0.1, 0.15) is 56.4 Å². The minimum Gasteiger partial charge on any atom is -0.508 e. The van der Waals surface area contributed by atoms with E-state index in [9.17, 15) is 5.11 Å². The molecule has 25 heavy (non-hydrogen) atoms. The van der Waals surface area contributed by atoms with E-state index in [-0.39, 0.29) is 5.16 Å².